The molecule has 0 unspecified atom stereocenters. The average Bonchev–Trinajstić information content (AvgIpc) is 3.52. The second-order valence-electron chi connectivity index (χ2n) is 10.1. The van der Waals surface area contributed by atoms with E-state index in [4.69, 9.17) is 26.7 Å². The van der Waals surface area contributed by atoms with Gasteiger partial charge in [-0.3, -0.25) is 4.98 Å². The molecule has 1 saturated heterocycles. The monoisotopic (exact) mass is 574 g/mol. The van der Waals surface area contributed by atoms with Gasteiger partial charge in [-0.15, -0.1) is 0 Å². The number of rotatable bonds is 7. The zero-order valence-corrected chi connectivity index (χ0v) is 24.3. The van der Waals surface area contributed by atoms with Crippen molar-refractivity contribution in [2.24, 2.45) is 0 Å². The number of para-hydroxylation sites is 1. The molecule has 0 aliphatic carbocycles. The van der Waals surface area contributed by atoms with Gasteiger partial charge in [0.05, 0.1) is 30.5 Å². The van der Waals surface area contributed by atoms with Crippen LogP contribution in [0.25, 0.3) is 5.69 Å². The van der Waals surface area contributed by atoms with E-state index in [0.717, 1.165) is 45.5 Å². The molecule has 0 saturated carbocycles. The SMILES string of the molecule is COC(=O)c1cccc(-n2c(C)cc([C@H]3[C@H](c4ccccn4)NC(=S)N3c3ccc(Oc4ccccc4)cc3)c2C)c1. The van der Waals surface area contributed by atoms with Crippen molar-refractivity contribution in [2.75, 3.05) is 12.0 Å². The van der Waals surface area contributed by atoms with E-state index < -0.39 is 0 Å². The lowest BCUT2D eigenvalue weighted by Crippen LogP contribution is -2.29. The van der Waals surface area contributed by atoms with Crippen molar-refractivity contribution in [3.8, 4) is 17.2 Å². The number of nitrogens with zero attached hydrogens (tertiary/aromatic N) is 3. The van der Waals surface area contributed by atoms with E-state index in [9.17, 15) is 4.79 Å². The Morgan fingerprint density at radius 2 is 1.60 bits per heavy atom. The Kier molecular flexibility index (Phi) is 7.46. The van der Waals surface area contributed by atoms with Crippen molar-refractivity contribution in [3.05, 3.63) is 138 Å². The van der Waals surface area contributed by atoms with Gasteiger partial charge in [0, 0.05) is 29.0 Å². The number of benzene rings is 3. The Morgan fingerprint density at radius 3 is 2.31 bits per heavy atom. The normalized spacial score (nSPS) is 16.3. The summed E-state index contributed by atoms with van der Waals surface area (Å²) in [5.74, 6) is 1.15. The number of esters is 1. The molecule has 3 aromatic carbocycles. The summed E-state index contributed by atoms with van der Waals surface area (Å²) in [5.41, 5.74) is 6.40. The number of nitrogens with one attached hydrogen (secondary N) is 1. The van der Waals surface area contributed by atoms with Crippen molar-refractivity contribution in [1.29, 1.82) is 0 Å². The van der Waals surface area contributed by atoms with Crippen molar-refractivity contribution in [2.45, 2.75) is 25.9 Å². The van der Waals surface area contributed by atoms with Gasteiger partial charge >= 0.3 is 5.97 Å². The Balaban J connectivity index is 1.42. The Morgan fingerprint density at radius 1 is 0.857 bits per heavy atom. The zero-order valence-electron chi connectivity index (χ0n) is 23.5. The minimum atomic E-state index is -0.369. The molecule has 6 rings (SSSR count). The second-order valence-corrected chi connectivity index (χ2v) is 10.5. The highest BCUT2D eigenvalue weighted by Crippen LogP contribution is 2.44. The molecule has 0 radical (unpaired) electrons. The number of aryl methyl sites for hydroxylation is 1. The van der Waals surface area contributed by atoms with Gasteiger partial charge in [0.2, 0.25) is 0 Å². The maximum Gasteiger partial charge on any atom is 0.337 e. The number of hydrogen-bond acceptors (Lipinski definition) is 5. The van der Waals surface area contributed by atoms with Gasteiger partial charge in [0.25, 0.3) is 0 Å². The zero-order chi connectivity index (χ0) is 29.2. The third-order valence-electron chi connectivity index (χ3n) is 7.51. The predicted octanol–water partition coefficient (Wildman–Crippen LogP) is 7.25. The van der Waals surface area contributed by atoms with E-state index in [1.165, 1.54) is 7.11 Å². The molecule has 7 nitrogen and oxygen atoms in total. The molecule has 1 aliphatic heterocycles. The smallest absolute Gasteiger partial charge is 0.337 e. The lowest BCUT2D eigenvalue weighted by molar-refractivity contribution is 0.0600. The van der Waals surface area contributed by atoms with Gasteiger partial charge in [0.1, 0.15) is 11.5 Å². The number of hydrogen-bond donors (Lipinski definition) is 1. The van der Waals surface area contributed by atoms with Crippen LogP contribution < -0.4 is 15.0 Å². The fraction of sp³-hybridized carbons (Fsp3) is 0.147. The predicted molar refractivity (Wildman–Crippen MR) is 167 cm³/mol. The highest BCUT2D eigenvalue weighted by molar-refractivity contribution is 7.80. The summed E-state index contributed by atoms with van der Waals surface area (Å²) >= 11 is 5.95. The number of carbonyl (C=O) groups excluding carboxylic acids is 1. The molecule has 3 heterocycles. The van der Waals surface area contributed by atoms with Crippen LogP contribution in [0.1, 0.15) is 45.1 Å². The molecule has 2 atom stereocenters. The van der Waals surface area contributed by atoms with E-state index in [-0.39, 0.29) is 18.1 Å². The molecule has 0 amide bonds. The summed E-state index contributed by atoms with van der Waals surface area (Å²) in [5, 5.41) is 4.16. The topological polar surface area (TPSA) is 68.6 Å². The van der Waals surface area contributed by atoms with Crippen LogP contribution in [-0.4, -0.2) is 27.7 Å². The summed E-state index contributed by atoms with van der Waals surface area (Å²) in [6.07, 6.45) is 1.80. The molecule has 0 spiro atoms. The number of aromatic nitrogens is 2. The maximum atomic E-state index is 12.3. The Bertz CT molecular complexity index is 1740. The first-order valence-corrected chi connectivity index (χ1v) is 14.1. The van der Waals surface area contributed by atoms with Crippen LogP contribution in [0.3, 0.4) is 0 Å². The van der Waals surface area contributed by atoms with Crippen molar-refractivity contribution < 1.29 is 14.3 Å². The molecular formula is C34H30N4O3S. The van der Waals surface area contributed by atoms with Crippen LogP contribution in [0.2, 0.25) is 0 Å². The Labute approximate surface area is 250 Å². The van der Waals surface area contributed by atoms with Gasteiger partial charge in [-0.05, 0) is 104 Å². The summed E-state index contributed by atoms with van der Waals surface area (Å²) in [6.45, 7) is 4.16. The molecule has 5 aromatic rings. The van der Waals surface area contributed by atoms with Gasteiger partial charge in [-0.2, -0.15) is 0 Å². The van der Waals surface area contributed by atoms with E-state index >= 15 is 0 Å². The third kappa shape index (κ3) is 5.12. The second kappa shape index (κ2) is 11.5. The van der Waals surface area contributed by atoms with E-state index in [2.05, 4.69) is 34.7 Å². The lowest BCUT2D eigenvalue weighted by atomic mass is 9.96. The van der Waals surface area contributed by atoms with Crippen molar-refractivity contribution in [1.82, 2.24) is 14.9 Å². The molecule has 1 N–H and O–H groups in total. The number of carbonyl (C=O) groups is 1. The number of anilines is 1. The Hall–Kier alpha value is -4.95. The van der Waals surface area contributed by atoms with Gasteiger partial charge in [-0.1, -0.05) is 30.3 Å². The van der Waals surface area contributed by atoms with Crippen LogP contribution in [0.5, 0.6) is 11.5 Å². The van der Waals surface area contributed by atoms with Crippen LogP contribution in [0, 0.1) is 13.8 Å². The van der Waals surface area contributed by atoms with E-state index in [1.807, 2.05) is 91.0 Å². The van der Waals surface area contributed by atoms with Crippen LogP contribution in [0.4, 0.5) is 5.69 Å². The fourth-order valence-corrected chi connectivity index (χ4v) is 5.97. The third-order valence-corrected chi connectivity index (χ3v) is 7.82. The van der Waals surface area contributed by atoms with Crippen molar-refractivity contribution >= 4 is 29.0 Å². The summed E-state index contributed by atoms with van der Waals surface area (Å²) in [6, 6.07) is 32.9. The number of methoxy groups -OCH3 is 1. The largest absolute Gasteiger partial charge is 0.465 e. The quantitative estimate of drug-likeness (QED) is 0.162. The van der Waals surface area contributed by atoms with Gasteiger partial charge in [0.15, 0.2) is 5.11 Å². The molecule has 2 aromatic heterocycles. The standard InChI is InChI=1S/C34H30N4O3S/c1-22-20-29(23(2)37(22)26-11-9-10-24(21-26)33(39)40-3)32-31(30-14-7-8-19-35-30)36-34(42)38(32)25-15-17-28(18-16-25)41-27-12-5-4-6-13-27/h4-21,31-32H,1-3H3,(H,36,42)/t31-,32-/m0/s1. The van der Waals surface area contributed by atoms with Gasteiger partial charge in [-0.25, -0.2) is 4.79 Å². The number of ether oxygens (including phenoxy) is 2. The summed E-state index contributed by atoms with van der Waals surface area (Å²) < 4.78 is 13.2. The van der Waals surface area contributed by atoms with Gasteiger partial charge < -0.3 is 24.3 Å². The molecule has 8 heteroatoms. The molecular weight excluding hydrogens is 544 g/mol. The first kappa shape index (κ1) is 27.2. The molecule has 0 bridgehead atoms. The molecule has 1 fully saturated rings. The molecule has 1 aliphatic rings. The van der Waals surface area contributed by atoms with Crippen LogP contribution in [0.15, 0.2) is 109 Å². The van der Waals surface area contributed by atoms with Crippen molar-refractivity contribution in [3.63, 3.8) is 0 Å². The number of thiocarbonyl (C=S) groups is 1. The highest BCUT2D eigenvalue weighted by atomic mass is 32.1. The number of pyridine rings is 1. The average molecular weight is 575 g/mol. The van der Waals surface area contributed by atoms with E-state index in [0.29, 0.717) is 10.7 Å². The fourth-order valence-electron chi connectivity index (χ4n) is 5.62. The van der Waals surface area contributed by atoms with Crippen LogP contribution in [-0.2, 0) is 4.74 Å². The highest BCUT2D eigenvalue weighted by Gasteiger charge is 2.42. The maximum absolute atomic E-state index is 12.3. The van der Waals surface area contributed by atoms with Crippen LogP contribution >= 0.6 is 12.2 Å². The molecule has 210 valence electrons. The minimum absolute atomic E-state index is 0.183. The summed E-state index contributed by atoms with van der Waals surface area (Å²) in [4.78, 5) is 19.1. The first-order chi connectivity index (χ1) is 20.4. The van der Waals surface area contributed by atoms with E-state index in [1.54, 1.807) is 12.3 Å². The minimum Gasteiger partial charge on any atom is -0.465 e. The molecule has 42 heavy (non-hydrogen) atoms. The first-order valence-electron chi connectivity index (χ1n) is 13.7. The summed E-state index contributed by atoms with van der Waals surface area (Å²) in [7, 11) is 1.39. The lowest BCUT2D eigenvalue weighted by Gasteiger charge is -2.28.